The van der Waals surface area contributed by atoms with E-state index in [1.54, 1.807) is 24.1 Å². The van der Waals surface area contributed by atoms with Gasteiger partial charge in [0, 0.05) is 25.7 Å². The van der Waals surface area contributed by atoms with E-state index in [4.69, 9.17) is 4.74 Å². The Morgan fingerprint density at radius 1 is 0.897 bits per heavy atom. The summed E-state index contributed by atoms with van der Waals surface area (Å²) in [7, 11) is -0.722. The first-order chi connectivity index (χ1) is 18.4. The molecular formula is C31H40N2O5S. The predicted octanol–water partition coefficient (Wildman–Crippen LogP) is 4.70. The summed E-state index contributed by atoms with van der Waals surface area (Å²) >= 11 is 0. The maximum absolute atomic E-state index is 13.7. The first-order valence-corrected chi connectivity index (χ1v) is 14.6. The fraction of sp³-hybridized carbons (Fsp3) is 0.387. The molecule has 3 aromatic rings. The number of amides is 1. The monoisotopic (exact) mass is 552 g/mol. The highest BCUT2D eigenvalue weighted by Crippen LogP contribution is 2.24. The van der Waals surface area contributed by atoms with Crippen molar-refractivity contribution in [3.8, 4) is 5.75 Å². The number of aryl methyl sites for hydroxylation is 2. The van der Waals surface area contributed by atoms with Gasteiger partial charge in [-0.25, -0.2) is 8.42 Å². The Bertz CT molecular complexity index is 1320. The van der Waals surface area contributed by atoms with Crippen LogP contribution in [0.1, 0.15) is 40.9 Å². The van der Waals surface area contributed by atoms with Crippen LogP contribution in [0.3, 0.4) is 0 Å². The number of hydrogen-bond donors (Lipinski definition) is 1. The second kappa shape index (κ2) is 13.2. The molecule has 0 fully saturated rings. The number of ether oxygens (including phenoxy) is 1. The van der Waals surface area contributed by atoms with Crippen LogP contribution in [0.25, 0.3) is 0 Å². The number of rotatable bonds is 12. The Labute approximate surface area is 233 Å². The molecule has 39 heavy (non-hydrogen) atoms. The molecule has 0 aliphatic rings. The number of carbonyl (C=O) groups is 1. The number of sulfonamides is 1. The van der Waals surface area contributed by atoms with E-state index in [2.05, 4.69) is 0 Å². The van der Waals surface area contributed by atoms with Crippen LogP contribution < -0.4 is 4.74 Å². The van der Waals surface area contributed by atoms with Crippen LogP contribution in [-0.2, 0) is 16.4 Å². The second-order valence-electron chi connectivity index (χ2n) is 10.4. The van der Waals surface area contributed by atoms with E-state index in [0.29, 0.717) is 17.7 Å². The quantitative estimate of drug-likeness (QED) is 0.352. The smallest absolute Gasteiger partial charge is 0.254 e. The van der Waals surface area contributed by atoms with Gasteiger partial charge in [0.15, 0.2) is 0 Å². The van der Waals surface area contributed by atoms with Crippen LogP contribution in [0.4, 0.5) is 0 Å². The van der Waals surface area contributed by atoms with Crippen molar-refractivity contribution in [2.24, 2.45) is 5.92 Å². The molecule has 0 aliphatic carbocycles. The molecule has 0 spiro atoms. The van der Waals surface area contributed by atoms with Crippen molar-refractivity contribution in [2.75, 3.05) is 27.2 Å². The fourth-order valence-corrected chi connectivity index (χ4v) is 6.39. The molecule has 2 atom stereocenters. The summed E-state index contributed by atoms with van der Waals surface area (Å²) in [5.74, 6) is 0.365. The summed E-state index contributed by atoms with van der Waals surface area (Å²) in [6.45, 7) is 7.71. The zero-order valence-corrected chi connectivity index (χ0v) is 24.5. The Balaban J connectivity index is 1.97. The maximum Gasteiger partial charge on any atom is 0.254 e. The Morgan fingerprint density at radius 2 is 1.49 bits per heavy atom. The zero-order valence-electron chi connectivity index (χ0n) is 23.7. The molecule has 210 valence electrons. The minimum absolute atomic E-state index is 0.0202. The first-order valence-electron chi connectivity index (χ1n) is 13.1. The molecular weight excluding hydrogens is 512 g/mol. The number of likely N-dealkylation sites (N-methyl/N-ethyl adjacent to an activating group) is 1. The van der Waals surface area contributed by atoms with Crippen molar-refractivity contribution < 1.29 is 23.1 Å². The summed E-state index contributed by atoms with van der Waals surface area (Å²) in [6.07, 6.45) is -0.775. The van der Waals surface area contributed by atoms with E-state index in [9.17, 15) is 18.3 Å². The van der Waals surface area contributed by atoms with E-state index in [0.717, 1.165) is 16.7 Å². The molecule has 0 aromatic heterocycles. The lowest BCUT2D eigenvalue weighted by atomic mass is 9.96. The van der Waals surface area contributed by atoms with E-state index < -0.39 is 22.2 Å². The minimum atomic E-state index is -3.92. The van der Waals surface area contributed by atoms with Crippen LogP contribution in [0.2, 0.25) is 0 Å². The maximum atomic E-state index is 13.7. The van der Waals surface area contributed by atoms with Gasteiger partial charge in [-0.05, 0) is 67.1 Å². The Morgan fingerprint density at radius 3 is 2.03 bits per heavy atom. The summed E-state index contributed by atoms with van der Waals surface area (Å²) in [4.78, 5) is 15.4. The fourth-order valence-electron chi connectivity index (χ4n) is 4.77. The molecule has 7 nitrogen and oxygen atoms in total. The standard InChI is InChI=1S/C31H40N2O5S/c1-22(2)20-33(39(36,37)27-17-15-26(38-6)16-18-27)21-29(34)28(19-25-13-8-7-9-14-25)32(5)31(35)30-23(3)11-10-12-24(30)4/h7-18,22,28-29,34H,19-21H2,1-6H3/t28-,29+/m0/s1. The Kier molecular flexibility index (Phi) is 10.3. The summed E-state index contributed by atoms with van der Waals surface area (Å²) in [6, 6.07) is 20.9. The molecule has 0 unspecified atom stereocenters. The van der Waals surface area contributed by atoms with Gasteiger partial charge in [-0.15, -0.1) is 0 Å². The highest BCUT2D eigenvalue weighted by Gasteiger charge is 2.34. The van der Waals surface area contributed by atoms with Gasteiger partial charge in [-0.1, -0.05) is 62.4 Å². The van der Waals surface area contributed by atoms with E-state index in [-0.39, 0.29) is 29.8 Å². The highest BCUT2D eigenvalue weighted by molar-refractivity contribution is 7.89. The molecule has 0 radical (unpaired) electrons. The molecule has 0 saturated carbocycles. The summed E-state index contributed by atoms with van der Waals surface area (Å²) in [5.41, 5.74) is 3.23. The van der Waals surface area contributed by atoms with Gasteiger partial charge >= 0.3 is 0 Å². The third kappa shape index (κ3) is 7.47. The lowest BCUT2D eigenvalue weighted by molar-refractivity contribution is 0.0369. The van der Waals surface area contributed by atoms with Gasteiger partial charge in [0.1, 0.15) is 5.75 Å². The molecule has 0 aliphatic heterocycles. The van der Waals surface area contributed by atoms with Crippen molar-refractivity contribution in [3.63, 3.8) is 0 Å². The normalized spacial score (nSPS) is 13.4. The number of carbonyl (C=O) groups excluding carboxylic acids is 1. The lowest BCUT2D eigenvalue weighted by Gasteiger charge is -2.35. The van der Waals surface area contributed by atoms with Gasteiger partial charge in [0.05, 0.1) is 24.2 Å². The van der Waals surface area contributed by atoms with Gasteiger partial charge in [0.25, 0.3) is 5.91 Å². The van der Waals surface area contributed by atoms with Crippen LogP contribution in [0.15, 0.2) is 77.7 Å². The molecule has 3 aromatic carbocycles. The SMILES string of the molecule is COc1ccc(S(=O)(=O)N(CC(C)C)C[C@@H](O)[C@H](Cc2ccccc2)N(C)C(=O)c2c(C)cccc2C)cc1. The van der Waals surface area contributed by atoms with Crippen LogP contribution in [0, 0.1) is 19.8 Å². The number of benzene rings is 3. The molecule has 1 amide bonds. The van der Waals surface area contributed by atoms with Crippen molar-refractivity contribution >= 4 is 15.9 Å². The molecule has 0 saturated heterocycles. The topological polar surface area (TPSA) is 87.2 Å². The second-order valence-corrected chi connectivity index (χ2v) is 12.3. The first kappa shape index (κ1) is 30.3. The van der Waals surface area contributed by atoms with Crippen molar-refractivity contribution in [1.29, 1.82) is 0 Å². The van der Waals surface area contributed by atoms with E-state index >= 15 is 0 Å². The largest absolute Gasteiger partial charge is 0.497 e. The number of hydrogen-bond acceptors (Lipinski definition) is 5. The minimum Gasteiger partial charge on any atom is -0.497 e. The van der Waals surface area contributed by atoms with Crippen LogP contribution in [0.5, 0.6) is 5.75 Å². The third-order valence-electron chi connectivity index (χ3n) is 6.90. The van der Waals surface area contributed by atoms with E-state index in [1.807, 2.05) is 76.2 Å². The number of methoxy groups -OCH3 is 1. The Hall–Kier alpha value is -3.20. The lowest BCUT2D eigenvalue weighted by Crippen LogP contribution is -2.51. The highest BCUT2D eigenvalue weighted by atomic mass is 32.2. The molecule has 3 rings (SSSR count). The molecule has 8 heteroatoms. The average molecular weight is 553 g/mol. The van der Waals surface area contributed by atoms with Crippen molar-refractivity contribution in [3.05, 3.63) is 95.1 Å². The molecule has 0 heterocycles. The van der Waals surface area contributed by atoms with Crippen molar-refractivity contribution in [2.45, 2.75) is 51.2 Å². The molecule has 0 bridgehead atoms. The van der Waals surface area contributed by atoms with E-state index in [1.165, 1.54) is 23.5 Å². The number of aliphatic hydroxyl groups is 1. The molecule has 1 N–H and O–H groups in total. The third-order valence-corrected chi connectivity index (χ3v) is 8.75. The van der Waals surface area contributed by atoms with Crippen LogP contribution >= 0.6 is 0 Å². The predicted molar refractivity (Wildman–Crippen MR) is 155 cm³/mol. The summed E-state index contributed by atoms with van der Waals surface area (Å²) < 4.78 is 33.9. The van der Waals surface area contributed by atoms with Gasteiger partial charge < -0.3 is 14.7 Å². The number of nitrogens with zero attached hydrogens (tertiary/aromatic N) is 2. The average Bonchev–Trinajstić information content (AvgIpc) is 2.91. The van der Waals surface area contributed by atoms with Crippen LogP contribution in [-0.4, -0.2) is 68.0 Å². The van der Waals surface area contributed by atoms with Crippen molar-refractivity contribution in [1.82, 2.24) is 9.21 Å². The van der Waals surface area contributed by atoms with Gasteiger partial charge in [0.2, 0.25) is 10.0 Å². The summed E-state index contributed by atoms with van der Waals surface area (Å²) in [5, 5.41) is 11.6. The zero-order chi connectivity index (χ0) is 28.7. The number of aliphatic hydroxyl groups excluding tert-OH is 1. The van der Waals surface area contributed by atoms with Gasteiger partial charge in [-0.3, -0.25) is 4.79 Å². The van der Waals surface area contributed by atoms with Gasteiger partial charge in [-0.2, -0.15) is 4.31 Å².